The smallest absolute Gasteiger partial charge is 0.217 e. The molecule has 1 spiro atoms. The third kappa shape index (κ3) is 2.81. The van der Waals surface area contributed by atoms with Crippen LogP contribution in [0.3, 0.4) is 0 Å². The van der Waals surface area contributed by atoms with Crippen LogP contribution in [0.15, 0.2) is 23.2 Å². The standard InChI is InChI=1S/C19H26INO/c1-12(2)16-9-8-13(3)10-19(16)11-21-18(22-19)15-7-5-6-14(4)17(15)20/h5-7,12-13,16H,8-11H2,1-4H3/t13-,16+,19+/m1/s1. The molecule has 0 N–H and O–H groups in total. The molecule has 1 aromatic carbocycles. The predicted octanol–water partition coefficient (Wildman–Crippen LogP) is 5.21. The Bertz CT molecular complexity index is 595. The Kier molecular flexibility index (Phi) is 4.54. The predicted molar refractivity (Wildman–Crippen MR) is 100 cm³/mol. The normalized spacial score (nSPS) is 31.5. The molecule has 0 aromatic heterocycles. The number of benzene rings is 1. The molecular weight excluding hydrogens is 385 g/mol. The van der Waals surface area contributed by atoms with Crippen LogP contribution in [0.1, 0.15) is 51.2 Å². The number of rotatable bonds is 2. The van der Waals surface area contributed by atoms with Gasteiger partial charge < -0.3 is 4.74 Å². The van der Waals surface area contributed by atoms with Crippen molar-refractivity contribution in [1.29, 1.82) is 0 Å². The first kappa shape index (κ1) is 16.3. The van der Waals surface area contributed by atoms with Crippen molar-refractivity contribution >= 4 is 28.5 Å². The molecule has 3 heteroatoms. The highest BCUT2D eigenvalue weighted by molar-refractivity contribution is 14.1. The van der Waals surface area contributed by atoms with E-state index in [0.29, 0.717) is 11.8 Å². The highest BCUT2D eigenvalue weighted by Gasteiger charge is 2.49. The van der Waals surface area contributed by atoms with Crippen LogP contribution in [0, 0.1) is 28.2 Å². The summed E-state index contributed by atoms with van der Waals surface area (Å²) in [6.45, 7) is 10.0. The minimum Gasteiger partial charge on any atom is -0.469 e. The summed E-state index contributed by atoms with van der Waals surface area (Å²) in [5.41, 5.74) is 2.40. The Hall–Kier alpha value is -0.580. The van der Waals surface area contributed by atoms with Crippen LogP contribution in [0.5, 0.6) is 0 Å². The molecule has 0 amide bonds. The van der Waals surface area contributed by atoms with Crippen molar-refractivity contribution in [2.75, 3.05) is 6.54 Å². The second kappa shape index (κ2) is 6.14. The van der Waals surface area contributed by atoms with E-state index in [4.69, 9.17) is 9.73 Å². The third-order valence-electron chi connectivity index (χ3n) is 5.36. The van der Waals surface area contributed by atoms with E-state index < -0.39 is 0 Å². The summed E-state index contributed by atoms with van der Waals surface area (Å²) in [6, 6.07) is 6.40. The molecule has 1 heterocycles. The fourth-order valence-corrected chi connectivity index (χ4v) is 4.82. The van der Waals surface area contributed by atoms with Crippen LogP contribution in [-0.4, -0.2) is 18.0 Å². The molecule has 0 radical (unpaired) electrons. The molecule has 3 atom stereocenters. The van der Waals surface area contributed by atoms with Gasteiger partial charge in [-0.2, -0.15) is 0 Å². The molecule has 0 unspecified atom stereocenters. The average Bonchev–Trinajstić information content (AvgIpc) is 2.85. The number of halogens is 1. The fraction of sp³-hybridized carbons (Fsp3) is 0.632. The van der Waals surface area contributed by atoms with Gasteiger partial charge in [-0.3, -0.25) is 0 Å². The zero-order valence-electron chi connectivity index (χ0n) is 14.0. The molecule has 0 saturated heterocycles. The van der Waals surface area contributed by atoms with Gasteiger partial charge in [0.25, 0.3) is 0 Å². The second-order valence-corrected chi connectivity index (χ2v) is 8.54. The molecule has 3 rings (SSSR count). The van der Waals surface area contributed by atoms with Crippen molar-refractivity contribution in [3.8, 4) is 0 Å². The maximum Gasteiger partial charge on any atom is 0.217 e. The molecule has 1 aliphatic heterocycles. The van der Waals surface area contributed by atoms with Gasteiger partial charge in [0, 0.05) is 15.1 Å². The van der Waals surface area contributed by atoms with Crippen LogP contribution in [-0.2, 0) is 4.74 Å². The van der Waals surface area contributed by atoms with Gasteiger partial charge >= 0.3 is 0 Å². The Morgan fingerprint density at radius 2 is 2.09 bits per heavy atom. The number of hydrogen-bond donors (Lipinski definition) is 0. The fourth-order valence-electron chi connectivity index (χ4n) is 4.23. The van der Waals surface area contributed by atoms with Crippen molar-refractivity contribution in [1.82, 2.24) is 0 Å². The largest absolute Gasteiger partial charge is 0.469 e. The summed E-state index contributed by atoms with van der Waals surface area (Å²) in [4.78, 5) is 4.84. The van der Waals surface area contributed by atoms with Gasteiger partial charge in [0.15, 0.2) is 0 Å². The molecule has 1 saturated carbocycles. The maximum absolute atomic E-state index is 6.60. The van der Waals surface area contributed by atoms with Gasteiger partial charge in [-0.1, -0.05) is 39.3 Å². The highest BCUT2D eigenvalue weighted by atomic mass is 127. The Balaban J connectivity index is 1.89. The molecule has 120 valence electrons. The lowest BCUT2D eigenvalue weighted by Gasteiger charge is -2.44. The Morgan fingerprint density at radius 3 is 2.82 bits per heavy atom. The van der Waals surface area contributed by atoms with Gasteiger partial charge in [0.2, 0.25) is 5.90 Å². The van der Waals surface area contributed by atoms with Crippen molar-refractivity contribution in [2.24, 2.45) is 22.7 Å². The van der Waals surface area contributed by atoms with E-state index in [0.717, 1.165) is 24.8 Å². The molecule has 1 aliphatic carbocycles. The number of nitrogens with zero attached hydrogens (tertiary/aromatic N) is 1. The Labute approximate surface area is 147 Å². The third-order valence-corrected chi connectivity index (χ3v) is 6.79. The van der Waals surface area contributed by atoms with Crippen molar-refractivity contribution in [3.63, 3.8) is 0 Å². The molecule has 2 aliphatic rings. The first-order chi connectivity index (χ1) is 10.4. The van der Waals surface area contributed by atoms with Gasteiger partial charge in [0.05, 0.1) is 6.54 Å². The SMILES string of the molecule is Cc1cccc(C2=NC[C@]3(C[C@H](C)CC[C@H]3C(C)C)O2)c1I. The lowest BCUT2D eigenvalue weighted by Crippen LogP contribution is -2.48. The highest BCUT2D eigenvalue weighted by Crippen LogP contribution is 2.46. The van der Waals surface area contributed by atoms with Crippen molar-refractivity contribution in [2.45, 2.75) is 52.6 Å². The summed E-state index contributed by atoms with van der Waals surface area (Å²) in [6.07, 6.45) is 3.74. The maximum atomic E-state index is 6.60. The molecule has 1 fully saturated rings. The zero-order chi connectivity index (χ0) is 15.9. The van der Waals surface area contributed by atoms with E-state index in [2.05, 4.69) is 68.5 Å². The zero-order valence-corrected chi connectivity index (χ0v) is 16.2. The minimum atomic E-state index is -0.0615. The number of hydrogen-bond acceptors (Lipinski definition) is 2. The van der Waals surface area contributed by atoms with E-state index >= 15 is 0 Å². The van der Waals surface area contributed by atoms with Gasteiger partial charge in [0.1, 0.15) is 5.60 Å². The summed E-state index contributed by atoms with van der Waals surface area (Å²) in [7, 11) is 0. The summed E-state index contributed by atoms with van der Waals surface area (Å²) < 4.78 is 7.87. The number of ether oxygens (including phenoxy) is 1. The lowest BCUT2D eigenvalue weighted by molar-refractivity contribution is -0.0457. The van der Waals surface area contributed by atoms with Crippen LogP contribution >= 0.6 is 22.6 Å². The van der Waals surface area contributed by atoms with Crippen LogP contribution in [0.25, 0.3) is 0 Å². The first-order valence-electron chi connectivity index (χ1n) is 8.42. The summed E-state index contributed by atoms with van der Waals surface area (Å²) in [5.74, 6) is 2.88. The van der Waals surface area contributed by atoms with Crippen molar-refractivity contribution < 1.29 is 4.74 Å². The van der Waals surface area contributed by atoms with Crippen LogP contribution in [0.4, 0.5) is 0 Å². The van der Waals surface area contributed by atoms with E-state index in [-0.39, 0.29) is 5.60 Å². The topological polar surface area (TPSA) is 21.6 Å². The van der Waals surface area contributed by atoms with E-state index in [1.807, 2.05) is 0 Å². The van der Waals surface area contributed by atoms with Gasteiger partial charge in [-0.15, -0.1) is 0 Å². The lowest BCUT2D eigenvalue weighted by atomic mass is 9.67. The summed E-state index contributed by atoms with van der Waals surface area (Å²) >= 11 is 2.42. The molecular formula is C19H26INO. The van der Waals surface area contributed by atoms with Crippen molar-refractivity contribution in [3.05, 3.63) is 32.9 Å². The molecule has 22 heavy (non-hydrogen) atoms. The Morgan fingerprint density at radius 1 is 1.32 bits per heavy atom. The van der Waals surface area contributed by atoms with Gasteiger partial charge in [-0.05, 0) is 65.8 Å². The summed E-state index contributed by atoms with van der Waals surface area (Å²) in [5, 5.41) is 0. The quantitative estimate of drug-likeness (QED) is 0.613. The monoisotopic (exact) mass is 411 g/mol. The molecule has 2 nitrogen and oxygen atoms in total. The number of aliphatic imine (C=N–C) groups is 1. The van der Waals surface area contributed by atoms with Gasteiger partial charge in [-0.25, -0.2) is 4.99 Å². The van der Waals surface area contributed by atoms with E-state index in [9.17, 15) is 0 Å². The minimum absolute atomic E-state index is 0.0615. The van der Waals surface area contributed by atoms with E-state index in [1.54, 1.807) is 0 Å². The molecule has 0 bridgehead atoms. The van der Waals surface area contributed by atoms with E-state index in [1.165, 1.54) is 27.5 Å². The molecule has 1 aromatic rings. The van der Waals surface area contributed by atoms with Crippen LogP contribution in [0.2, 0.25) is 0 Å². The average molecular weight is 411 g/mol. The first-order valence-corrected chi connectivity index (χ1v) is 9.50. The number of aryl methyl sites for hydroxylation is 1. The van der Waals surface area contributed by atoms with Crippen LogP contribution < -0.4 is 0 Å². The second-order valence-electron chi connectivity index (χ2n) is 7.46.